The fourth-order valence-electron chi connectivity index (χ4n) is 10.3. The maximum atomic E-state index is 6.09. The second-order valence-corrected chi connectivity index (χ2v) is 20.3. The second kappa shape index (κ2) is 23.8. The molecule has 85 heavy (non-hydrogen) atoms. The molecule has 2 aliphatic rings. The number of nitrogens with two attached hydrogens (primary N) is 4. The number of fused-ring (bicyclic) bond motifs is 8. The van der Waals surface area contributed by atoms with Gasteiger partial charge in [0.1, 0.15) is 0 Å². The molecular weight excluding hydrogens is 1080 g/mol. The molecule has 11 aromatic rings. The number of benzene rings is 8. The zero-order chi connectivity index (χ0) is 56.9. The van der Waals surface area contributed by atoms with Gasteiger partial charge in [0.25, 0.3) is 0 Å². The van der Waals surface area contributed by atoms with E-state index in [0.717, 1.165) is 134 Å². The molecule has 8 nitrogen and oxygen atoms in total. The summed E-state index contributed by atoms with van der Waals surface area (Å²) in [6.45, 7) is 0. The van der Waals surface area contributed by atoms with E-state index in [0.29, 0.717) is 22.7 Å². The summed E-state index contributed by atoms with van der Waals surface area (Å²) in [4.78, 5) is 18.9. The first kappa shape index (κ1) is 53.9. The van der Waals surface area contributed by atoms with Crippen LogP contribution in [0.5, 0.6) is 0 Å². The number of aromatic amines is 2. The van der Waals surface area contributed by atoms with Gasteiger partial charge in [-0.25, -0.2) is 9.97 Å². The molecule has 8 aromatic carbocycles. The van der Waals surface area contributed by atoms with Gasteiger partial charge in [-0.15, -0.1) is 0 Å². The summed E-state index contributed by atoms with van der Waals surface area (Å²) in [6.07, 6.45) is 8.39. The van der Waals surface area contributed by atoms with Crippen LogP contribution in [0.3, 0.4) is 0 Å². The average Bonchev–Trinajstić information content (AvgIpc) is 2.97. The first-order chi connectivity index (χ1) is 41.2. The van der Waals surface area contributed by atoms with Crippen LogP contribution in [0.25, 0.3) is 90.9 Å². The van der Waals surface area contributed by atoms with Crippen LogP contribution in [0.2, 0.25) is 0 Å². The van der Waals surface area contributed by atoms with Crippen molar-refractivity contribution in [2.75, 3.05) is 22.9 Å². The van der Waals surface area contributed by atoms with Crippen molar-refractivity contribution in [3.8, 4) is 91.9 Å². The van der Waals surface area contributed by atoms with Crippen molar-refractivity contribution in [1.82, 2.24) is 19.9 Å². The van der Waals surface area contributed by atoms with E-state index in [9.17, 15) is 0 Å². The first-order valence-electron chi connectivity index (χ1n) is 27.3. The van der Waals surface area contributed by atoms with E-state index >= 15 is 0 Å². The largest absolute Gasteiger partial charge is 0.399 e. The molecule has 0 fully saturated rings. The zero-order valence-corrected chi connectivity index (χ0v) is 46.9. The normalized spacial score (nSPS) is 10.9. The van der Waals surface area contributed by atoms with Gasteiger partial charge < -0.3 is 32.9 Å². The summed E-state index contributed by atoms with van der Waals surface area (Å²) in [5, 5.41) is 0. The summed E-state index contributed by atoms with van der Waals surface area (Å²) in [7, 11) is 0. The van der Waals surface area contributed by atoms with Gasteiger partial charge in [-0.05, 0) is 192 Å². The molecule has 3 aromatic heterocycles. The Balaban J connectivity index is 0.00000709. The topological polar surface area (TPSA) is 161 Å². The van der Waals surface area contributed by atoms with E-state index in [1.807, 2.05) is 146 Å². The fourth-order valence-corrected chi connectivity index (χ4v) is 10.3. The molecule has 401 valence electrons. The van der Waals surface area contributed by atoms with Crippen molar-refractivity contribution in [2.45, 2.75) is 0 Å². The molecule has 0 saturated carbocycles. The Hall–Kier alpha value is -11.7. The summed E-state index contributed by atoms with van der Waals surface area (Å²) < 4.78 is 0. The quantitative estimate of drug-likeness (QED) is 0.0584. The van der Waals surface area contributed by atoms with Gasteiger partial charge >= 0.3 is 0 Å². The minimum Gasteiger partial charge on any atom is -0.399 e. The van der Waals surface area contributed by atoms with Crippen molar-refractivity contribution < 1.29 is 17.1 Å². The van der Waals surface area contributed by atoms with E-state index in [1.165, 1.54) is 0 Å². The Morgan fingerprint density at radius 3 is 0.671 bits per heavy atom. The molecule has 0 saturated heterocycles. The number of hydrogen-bond donors (Lipinski definition) is 6. The van der Waals surface area contributed by atoms with Crippen molar-refractivity contribution in [3.05, 3.63) is 286 Å². The van der Waals surface area contributed by atoms with Crippen LogP contribution in [0.1, 0.15) is 67.3 Å². The predicted octanol–water partition coefficient (Wildman–Crippen LogP) is 15.2. The van der Waals surface area contributed by atoms with E-state index in [1.54, 1.807) is 0 Å². The summed E-state index contributed by atoms with van der Waals surface area (Å²) >= 11 is 0. The third-order valence-corrected chi connectivity index (χ3v) is 14.4. The third-order valence-electron chi connectivity index (χ3n) is 14.4. The molecule has 0 atom stereocenters. The van der Waals surface area contributed by atoms with Gasteiger partial charge in [0.2, 0.25) is 0 Å². The van der Waals surface area contributed by atoms with Crippen LogP contribution in [0, 0.1) is 47.4 Å². The summed E-state index contributed by atoms with van der Waals surface area (Å²) in [5.41, 5.74) is 47.9. The van der Waals surface area contributed by atoms with Gasteiger partial charge in [0.05, 0.1) is 22.8 Å². The standard InChI is InChI=1S/C76H50N8.Mn/c77-61-9-1-5-53(45-61)17-13-49-21-29-57(30-22-49)73-65-37-39-67(81-65)74(58-31-23-50(24-32-58)14-18-54-6-2-10-62(78)46-54)69-41-43-71(83-69)76(60-35-27-52(28-36-60)16-20-56-8-4-12-64(80)48-56)72-44-42-70(84-72)75(68-40-38-66(73)82-68)59-33-25-51(26-34-59)15-19-55-7-3-11-63(79)47-55;/h1-12,21-48,81,84H,77-80H2;. The van der Waals surface area contributed by atoms with E-state index < -0.39 is 0 Å². The van der Waals surface area contributed by atoms with Crippen molar-refractivity contribution in [2.24, 2.45) is 0 Å². The van der Waals surface area contributed by atoms with Crippen molar-refractivity contribution in [3.63, 3.8) is 0 Å². The molecule has 1 radical (unpaired) electrons. The Morgan fingerprint density at radius 1 is 0.247 bits per heavy atom. The van der Waals surface area contributed by atoms with Crippen LogP contribution in [0.15, 0.2) is 218 Å². The molecule has 2 aliphatic heterocycles. The number of hydrogen-bond acceptors (Lipinski definition) is 6. The molecule has 10 N–H and O–H groups in total. The van der Waals surface area contributed by atoms with Crippen LogP contribution >= 0.6 is 0 Å². The molecular formula is C76H50MnN8. The molecule has 0 aliphatic carbocycles. The number of rotatable bonds is 4. The number of nitrogens with zero attached hydrogens (tertiary/aromatic N) is 2. The SMILES string of the molecule is Nc1cccc(C#Cc2ccc(-c3c4nc(c(-c5ccc(C#Cc6cccc(N)c6)cc5)c5ccc([nH]5)c(-c5ccc(C#Cc6cccc(N)c6)cc5)c5nc(c(-c6ccc(C#Cc7cccc(N)c7)cc6)c6ccc3[nH]6)C=C5)C=C4)cc2)c1.[Mn]. The average molecular weight is 1130 g/mol. The number of aromatic nitrogens is 4. The molecule has 5 heterocycles. The monoisotopic (exact) mass is 1130 g/mol. The van der Waals surface area contributed by atoms with Gasteiger partial charge in [-0.1, -0.05) is 120 Å². The van der Waals surface area contributed by atoms with Crippen LogP contribution in [-0.2, 0) is 17.1 Å². The number of nitrogens with one attached hydrogen (secondary N) is 2. The van der Waals surface area contributed by atoms with Crippen molar-refractivity contribution in [1.29, 1.82) is 0 Å². The van der Waals surface area contributed by atoms with Crippen molar-refractivity contribution >= 4 is 69.1 Å². The number of anilines is 4. The molecule has 8 bridgehead atoms. The summed E-state index contributed by atoms with van der Waals surface area (Å²) in [5.74, 6) is 26.4. The smallest absolute Gasteiger partial charge is 0.0737 e. The van der Waals surface area contributed by atoms with Gasteiger partial charge in [0, 0.05) is 129 Å². The Morgan fingerprint density at radius 2 is 0.459 bits per heavy atom. The maximum Gasteiger partial charge on any atom is 0.0737 e. The Bertz CT molecular complexity index is 4320. The minimum absolute atomic E-state index is 0. The predicted molar refractivity (Wildman–Crippen MR) is 348 cm³/mol. The van der Waals surface area contributed by atoms with E-state index in [-0.39, 0.29) is 17.1 Å². The number of nitrogen functional groups attached to an aromatic ring is 4. The van der Waals surface area contributed by atoms with Crippen LogP contribution in [-0.4, -0.2) is 19.9 Å². The molecule has 0 amide bonds. The fraction of sp³-hybridized carbons (Fsp3) is 0. The van der Waals surface area contributed by atoms with E-state index in [4.69, 9.17) is 32.9 Å². The third kappa shape index (κ3) is 12.0. The van der Waals surface area contributed by atoms with Gasteiger partial charge in [-0.2, -0.15) is 0 Å². The number of H-pyrrole nitrogens is 2. The van der Waals surface area contributed by atoms with Crippen LogP contribution < -0.4 is 22.9 Å². The van der Waals surface area contributed by atoms with Gasteiger partial charge in [0.15, 0.2) is 0 Å². The summed E-state index contributed by atoms with van der Waals surface area (Å²) in [6, 6.07) is 72.1. The molecule has 0 unspecified atom stereocenters. The second-order valence-electron chi connectivity index (χ2n) is 20.3. The molecule has 9 heteroatoms. The molecule has 13 rings (SSSR count). The maximum absolute atomic E-state index is 6.09. The van der Waals surface area contributed by atoms with Crippen LogP contribution in [0.4, 0.5) is 22.7 Å². The van der Waals surface area contributed by atoms with E-state index in [2.05, 4.69) is 154 Å². The zero-order valence-electron chi connectivity index (χ0n) is 45.7. The minimum atomic E-state index is 0. The first-order valence-corrected chi connectivity index (χ1v) is 27.3. The molecule has 0 spiro atoms. The Labute approximate surface area is 503 Å². The van der Waals surface area contributed by atoms with Gasteiger partial charge in [-0.3, -0.25) is 0 Å². The Kier molecular flexibility index (Phi) is 15.1.